The maximum absolute atomic E-state index is 4.71. The fourth-order valence-electron chi connectivity index (χ4n) is 2.93. The third kappa shape index (κ3) is 1.80. The first-order valence-corrected chi connectivity index (χ1v) is 6.59. The van der Waals surface area contributed by atoms with E-state index >= 15 is 0 Å². The van der Waals surface area contributed by atoms with Crippen LogP contribution in [-0.2, 0) is 0 Å². The Morgan fingerprint density at radius 3 is 1.83 bits per heavy atom. The Morgan fingerprint density at radius 2 is 1.28 bits per heavy atom. The third-order valence-electron chi connectivity index (χ3n) is 4.00. The quantitative estimate of drug-likeness (QED) is 0.745. The van der Waals surface area contributed by atoms with Crippen LogP contribution in [0.25, 0.3) is 11.0 Å². The van der Waals surface area contributed by atoms with Gasteiger partial charge < -0.3 is 0 Å². The van der Waals surface area contributed by atoms with Gasteiger partial charge in [-0.05, 0) is 62.8 Å². The highest BCUT2D eigenvalue weighted by Gasteiger charge is 2.16. The van der Waals surface area contributed by atoms with E-state index in [1.807, 2.05) is 0 Å². The first kappa shape index (κ1) is 13.0. The van der Waals surface area contributed by atoms with Crippen LogP contribution in [0.4, 0.5) is 0 Å². The van der Waals surface area contributed by atoms with E-state index in [0.29, 0.717) is 5.92 Å². The van der Waals surface area contributed by atoms with Gasteiger partial charge in [-0.2, -0.15) is 0 Å². The molecular formula is C16H22N2. The molecule has 0 spiro atoms. The van der Waals surface area contributed by atoms with E-state index in [-0.39, 0.29) is 0 Å². The van der Waals surface area contributed by atoms with Crippen LogP contribution in [0.1, 0.15) is 53.4 Å². The topological polar surface area (TPSA) is 25.8 Å². The maximum atomic E-state index is 4.71. The summed E-state index contributed by atoms with van der Waals surface area (Å²) in [5, 5.41) is 1.24. The van der Waals surface area contributed by atoms with Crippen molar-refractivity contribution in [2.24, 2.45) is 0 Å². The highest BCUT2D eigenvalue weighted by atomic mass is 14.9. The van der Waals surface area contributed by atoms with Crippen molar-refractivity contribution in [3.63, 3.8) is 0 Å². The van der Waals surface area contributed by atoms with Crippen LogP contribution in [0.5, 0.6) is 0 Å². The Hall–Kier alpha value is -1.44. The number of aryl methyl sites for hydroxylation is 4. The van der Waals surface area contributed by atoms with Gasteiger partial charge in [0.05, 0.1) is 0 Å². The van der Waals surface area contributed by atoms with E-state index in [1.165, 1.54) is 27.6 Å². The molecule has 0 bridgehead atoms. The molecule has 0 amide bonds. The van der Waals surface area contributed by atoms with Crippen LogP contribution in [0.3, 0.4) is 0 Å². The van der Waals surface area contributed by atoms with E-state index in [4.69, 9.17) is 4.98 Å². The molecule has 2 heteroatoms. The minimum Gasteiger partial charge on any atom is -0.233 e. The van der Waals surface area contributed by atoms with Gasteiger partial charge in [0.15, 0.2) is 5.65 Å². The summed E-state index contributed by atoms with van der Waals surface area (Å²) in [4.78, 5) is 9.36. The van der Waals surface area contributed by atoms with Crippen molar-refractivity contribution < 1.29 is 0 Å². The Morgan fingerprint density at radius 1 is 0.722 bits per heavy atom. The highest BCUT2D eigenvalue weighted by Crippen LogP contribution is 2.31. The van der Waals surface area contributed by atoms with Gasteiger partial charge in [0.25, 0.3) is 0 Å². The zero-order chi connectivity index (χ0) is 13.6. The molecule has 0 saturated carbocycles. The molecule has 0 fully saturated rings. The van der Waals surface area contributed by atoms with Crippen molar-refractivity contribution in [3.05, 3.63) is 33.6 Å². The maximum Gasteiger partial charge on any atom is 0.160 e. The number of rotatable bonds is 1. The van der Waals surface area contributed by atoms with Crippen molar-refractivity contribution >= 4 is 11.0 Å². The summed E-state index contributed by atoms with van der Waals surface area (Å²) >= 11 is 0. The second kappa shape index (κ2) is 4.34. The molecule has 2 rings (SSSR count). The fourth-order valence-corrected chi connectivity index (χ4v) is 2.93. The van der Waals surface area contributed by atoms with Crippen molar-refractivity contribution in [2.75, 3.05) is 0 Å². The van der Waals surface area contributed by atoms with E-state index < -0.39 is 0 Å². The van der Waals surface area contributed by atoms with Crippen molar-refractivity contribution in [2.45, 2.75) is 54.4 Å². The summed E-state index contributed by atoms with van der Waals surface area (Å²) < 4.78 is 0. The summed E-state index contributed by atoms with van der Waals surface area (Å²) in [6.07, 6.45) is 0. The van der Waals surface area contributed by atoms with Gasteiger partial charge in [0.1, 0.15) is 0 Å². The van der Waals surface area contributed by atoms with Gasteiger partial charge in [-0.25, -0.2) is 9.97 Å². The molecule has 0 N–H and O–H groups in total. The number of hydrogen-bond donors (Lipinski definition) is 0. The van der Waals surface area contributed by atoms with Crippen LogP contribution in [0, 0.1) is 34.6 Å². The van der Waals surface area contributed by atoms with E-state index in [2.05, 4.69) is 53.5 Å². The summed E-state index contributed by atoms with van der Waals surface area (Å²) in [5.74, 6) is 0.503. The standard InChI is InChI=1S/C16H22N2/c1-8(2)14-11(5)15-10(4)9(3)12(6)17-16(15)18-13(14)7/h8H,1-7H3. The Kier molecular flexibility index (Phi) is 3.14. The lowest BCUT2D eigenvalue weighted by molar-refractivity contribution is 0.836. The van der Waals surface area contributed by atoms with E-state index in [9.17, 15) is 0 Å². The molecule has 0 unspecified atom stereocenters. The van der Waals surface area contributed by atoms with E-state index in [1.54, 1.807) is 0 Å². The molecule has 2 heterocycles. The number of hydrogen-bond acceptors (Lipinski definition) is 2. The molecule has 0 atom stereocenters. The summed E-state index contributed by atoms with van der Waals surface area (Å²) in [6.45, 7) is 15.1. The lowest BCUT2D eigenvalue weighted by Crippen LogP contribution is -2.05. The average Bonchev–Trinajstić information content (AvgIpc) is 2.24. The Balaban J connectivity index is 2.97. The zero-order valence-electron chi connectivity index (χ0n) is 12.5. The van der Waals surface area contributed by atoms with Crippen molar-refractivity contribution in [3.8, 4) is 0 Å². The average molecular weight is 242 g/mol. The normalized spacial score (nSPS) is 11.6. The molecule has 0 aromatic carbocycles. The van der Waals surface area contributed by atoms with Gasteiger partial charge in [-0.15, -0.1) is 0 Å². The van der Waals surface area contributed by atoms with Gasteiger partial charge >= 0.3 is 0 Å². The van der Waals surface area contributed by atoms with E-state index in [0.717, 1.165) is 17.0 Å². The lowest BCUT2D eigenvalue weighted by atomic mass is 9.92. The second-order valence-electron chi connectivity index (χ2n) is 5.54. The van der Waals surface area contributed by atoms with Crippen LogP contribution >= 0.6 is 0 Å². The molecular weight excluding hydrogens is 220 g/mol. The molecule has 96 valence electrons. The molecule has 2 aromatic rings. The monoisotopic (exact) mass is 242 g/mol. The van der Waals surface area contributed by atoms with Gasteiger partial charge in [0, 0.05) is 16.8 Å². The SMILES string of the molecule is Cc1nc2nc(C)c(C(C)C)c(C)c2c(C)c1C. The summed E-state index contributed by atoms with van der Waals surface area (Å²) in [5.41, 5.74) is 8.43. The van der Waals surface area contributed by atoms with Crippen LogP contribution in [-0.4, -0.2) is 9.97 Å². The first-order valence-electron chi connectivity index (χ1n) is 6.59. The third-order valence-corrected chi connectivity index (χ3v) is 4.00. The fraction of sp³-hybridized carbons (Fsp3) is 0.500. The molecule has 0 aliphatic rings. The van der Waals surface area contributed by atoms with Crippen LogP contribution in [0.2, 0.25) is 0 Å². The van der Waals surface area contributed by atoms with Crippen molar-refractivity contribution in [1.82, 2.24) is 9.97 Å². The smallest absolute Gasteiger partial charge is 0.160 e. The molecule has 2 nitrogen and oxygen atoms in total. The highest BCUT2D eigenvalue weighted by molar-refractivity contribution is 5.85. The summed E-state index contributed by atoms with van der Waals surface area (Å²) in [7, 11) is 0. The number of fused-ring (bicyclic) bond motifs is 1. The summed E-state index contributed by atoms with van der Waals surface area (Å²) in [6, 6.07) is 0. The number of aromatic nitrogens is 2. The minimum absolute atomic E-state index is 0.503. The zero-order valence-corrected chi connectivity index (χ0v) is 12.5. The second-order valence-corrected chi connectivity index (χ2v) is 5.54. The largest absolute Gasteiger partial charge is 0.233 e. The van der Waals surface area contributed by atoms with Gasteiger partial charge in [0.2, 0.25) is 0 Å². The Labute approximate surface area is 109 Å². The lowest BCUT2D eigenvalue weighted by Gasteiger charge is -2.18. The molecule has 18 heavy (non-hydrogen) atoms. The molecule has 2 aromatic heterocycles. The van der Waals surface area contributed by atoms with Gasteiger partial charge in [-0.3, -0.25) is 0 Å². The number of nitrogens with zero attached hydrogens (tertiary/aromatic N) is 2. The molecule has 0 radical (unpaired) electrons. The predicted octanol–water partition coefficient (Wildman–Crippen LogP) is 4.30. The first-order chi connectivity index (χ1) is 8.34. The minimum atomic E-state index is 0.503. The molecule has 0 saturated heterocycles. The van der Waals surface area contributed by atoms with Crippen molar-refractivity contribution in [1.29, 1.82) is 0 Å². The van der Waals surface area contributed by atoms with Gasteiger partial charge in [-0.1, -0.05) is 13.8 Å². The number of pyridine rings is 2. The Bertz CT molecular complexity index is 625. The molecule has 0 aliphatic carbocycles. The predicted molar refractivity (Wildman–Crippen MR) is 77.3 cm³/mol. The van der Waals surface area contributed by atoms with Crippen LogP contribution in [0.15, 0.2) is 0 Å². The molecule has 0 aliphatic heterocycles. The van der Waals surface area contributed by atoms with Crippen LogP contribution < -0.4 is 0 Å².